The summed E-state index contributed by atoms with van der Waals surface area (Å²) in [6, 6.07) is 8.77. The Labute approximate surface area is 169 Å². The predicted octanol–water partition coefficient (Wildman–Crippen LogP) is 4.71. The molecule has 1 N–H and O–H groups in total. The fraction of sp³-hybridized carbons (Fsp3) is 0.682. The second-order valence-corrected chi connectivity index (χ2v) is 7.91. The lowest BCUT2D eigenvalue weighted by molar-refractivity contribution is -0.141. The highest BCUT2D eigenvalue weighted by atomic mass is 35.5. The zero-order valence-corrected chi connectivity index (χ0v) is 17.3. The Kier molecular flexibility index (Phi) is 9.43. The second kappa shape index (κ2) is 11.6. The quantitative estimate of drug-likeness (QED) is 0.679. The van der Waals surface area contributed by atoms with Crippen molar-refractivity contribution in [3.05, 3.63) is 29.8 Å². The molecule has 4 nitrogen and oxygen atoms in total. The van der Waals surface area contributed by atoms with Crippen LogP contribution in [0.15, 0.2) is 24.3 Å². The first kappa shape index (κ1) is 22.0. The highest BCUT2D eigenvalue weighted by Gasteiger charge is 2.22. The third-order valence-electron chi connectivity index (χ3n) is 6.13. The molecule has 3 rings (SSSR count). The van der Waals surface area contributed by atoms with Crippen molar-refractivity contribution in [3.8, 4) is 5.75 Å². The van der Waals surface area contributed by atoms with Crippen LogP contribution < -0.4 is 10.1 Å². The summed E-state index contributed by atoms with van der Waals surface area (Å²) in [6.07, 6.45) is 8.83. The molecular formula is C22H34ClNO3. The summed E-state index contributed by atoms with van der Waals surface area (Å²) >= 11 is 0. The van der Waals surface area contributed by atoms with Crippen molar-refractivity contribution >= 4 is 18.4 Å². The maximum Gasteiger partial charge on any atom is 0.305 e. The molecule has 0 spiro atoms. The van der Waals surface area contributed by atoms with E-state index >= 15 is 0 Å². The highest BCUT2D eigenvalue weighted by Crippen LogP contribution is 2.32. The molecule has 1 aromatic carbocycles. The summed E-state index contributed by atoms with van der Waals surface area (Å²) in [5, 5.41) is 3.42. The molecule has 1 saturated heterocycles. The summed E-state index contributed by atoms with van der Waals surface area (Å²) in [5.41, 5.74) is 1.45. The number of esters is 1. The molecule has 1 aromatic rings. The van der Waals surface area contributed by atoms with Crippen LogP contribution in [0.2, 0.25) is 0 Å². The molecule has 1 saturated carbocycles. The number of benzene rings is 1. The van der Waals surface area contributed by atoms with Crippen molar-refractivity contribution < 1.29 is 14.3 Å². The Hall–Kier alpha value is -1.26. The van der Waals surface area contributed by atoms with E-state index in [-0.39, 0.29) is 18.4 Å². The molecule has 2 aliphatic rings. The van der Waals surface area contributed by atoms with Crippen molar-refractivity contribution in [2.45, 2.75) is 57.3 Å². The molecule has 0 atom stereocenters. The third-order valence-corrected chi connectivity index (χ3v) is 6.13. The number of hydrogen-bond donors (Lipinski definition) is 1. The molecule has 27 heavy (non-hydrogen) atoms. The molecule has 152 valence electrons. The van der Waals surface area contributed by atoms with E-state index in [9.17, 15) is 4.79 Å². The van der Waals surface area contributed by atoms with Crippen molar-refractivity contribution in [2.75, 3.05) is 26.8 Å². The normalized spacial score (nSPS) is 23.3. The minimum absolute atomic E-state index is 0. The number of halogens is 1. The van der Waals surface area contributed by atoms with Gasteiger partial charge in [0.2, 0.25) is 0 Å². The number of rotatable bonds is 7. The minimum Gasteiger partial charge on any atom is -0.493 e. The van der Waals surface area contributed by atoms with Crippen LogP contribution in [-0.2, 0) is 9.53 Å². The van der Waals surface area contributed by atoms with Crippen LogP contribution in [0.1, 0.15) is 62.8 Å². The van der Waals surface area contributed by atoms with Crippen LogP contribution >= 0.6 is 12.4 Å². The Bertz CT molecular complexity index is 549. The van der Waals surface area contributed by atoms with Gasteiger partial charge in [0.15, 0.2) is 0 Å². The molecular weight excluding hydrogens is 362 g/mol. The number of methoxy groups -OCH3 is 1. The second-order valence-electron chi connectivity index (χ2n) is 7.91. The lowest BCUT2D eigenvalue weighted by Crippen LogP contribution is -2.26. The monoisotopic (exact) mass is 395 g/mol. The third kappa shape index (κ3) is 7.00. The van der Waals surface area contributed by atoms with Gasteiger partial charge < -0.3 is 14.8 Å². The highest BCUT2D eigenvalue weighted by molar-refractivity contribution is 5.85. The van der Waals surface area contributed by atoms with Gasteiger partial charge in [0.05, 0.1) is 13.7 Å². The maximum atomic E-state index is 11.3. The van der Waals surface area contributed by atoms with Crippen molar-refractivity contribution in [2.24, 2.45) is 11.8 Å². The van der Waals surface area contributed by atoms with Crippen molar-refractivity contribution in [1.29, 1.82) is 0 Å². The molecule has 0 amide bonds. The van der Waals surface area contributed by atoms with E-state index in [2.05, 4.69) is 29.6 Å². The summed E-state index contributed by atoms with van der Waals surface area (Å²) in [5.74, 6) is 2.94. The molecule has 0 bridgehead atoms. The smallest absolute Gasteiger partial charge is 0.305 e. The molecule has 1 heterocycles. The van der Waals surface area contributed by atoms with Gasteiger partial charge in [-0.2, -0.15) is 0 Å². The van der Waals surface area contributed by atoms with E-state index in [1.54, 1.807) is 0 Å². The Morgan fingerprint density at radius 1 is 1.00 bits per heavy atom. The van der Waals surface area contributed by atoms with Gasteiger partial charge in [-0.25, -0.2) is 0 Å². The molecule has 1 aliphatic carbocycles. The van der Waals surface area contributed by atoms with E-state index in [1.165, 1.54) is 51.2 Å². The fourth-order valence-corrected chi connectivity index (χ4v) is 4.32. The van der Waals surface area contributed by atoms with Gasteiger partial charge in [0.1, 0.15) is 5.75 Å². The number of piperidine rings is 1. The standard InChI is InChI=1S/C22H33NO3.ClH/c1-25-22(24)11-6-17-2-4-18(5-3-17)16-26-21-9-7-19(8-10-21)20-12-14-23-15-13-20;/h7-10,17-18,20,23H,2-6,11-16H2,1H3;1H. The lowest BCUT2D eigenvalue weighted by atomic mass is 9.80. The van der Waals surface area contributed by atoms with E-state index in [0.29, 0.717) is 24.2 Å². The topological polar surface area (TPSA) is 47.6 Å². The lowest BCUT2D eigenvalue weighted by Gasteiger charge is -2.28. The van der Waals surface area contributed by atoms with Gasteiger partial charge in [0.25, 0.3) is 0 Å². The SMILES string of the molecule is COC(=O)CCC1CCC(COc2ccc(C3CCNCC3)cc2)CC1.Cl. The number of ether oxygens (including phenoxy) is 2. The number of carbonyl (C=O) groups excluding carboxylic acids is 1. The number of nitrogens with one attached hydrogen (secondary N) is 1. The van der Waals surface area contributed by atoms with Crippen LogP contribution in [0.25, 0.3) is 0 Å². The first-order valence-corrected chi connectivity index (χ1v) is 10.2. The number of carbonyl (C=O) groups is 1. The number of hydrogen-bond acceptors (Lipinski definition) is 4. The first-order valence-electron chi connectivity index (χ1n) is 10.2. The van der Waals surface area contributed by atoms with Gasteiger partial charge in [-0.15, -0.1) is 12.4 Å². The molecule has 1 aliphatic heterocycles. The van der Waals surface area contributed by atoms with Crippen LogP contribution in [0, 0.1) is 11.8 Å². The van der Waals surface area contributed by atoms with Gasteiger partial charge in [-0.1, -0.05) is 25.0 Å². The van der Waals surface area contributed by atoms with E-state index in [4.69, 9.17) is 9.47 Å². The maximum absolute atomic E-state index is 11.3. The van der Waals surface area contributed by atoms with Crippen LogP contribution in [0.4, 0.5) is 0 Å². The van der Waals surface area contributed by atoms with Crippen LogP contribution in [0.5, 0.6) is 5.75 Å². The molecule has 5 heteroatoms. The Balaban J connectivity index is 0.00000261. The van der Waals surface area contributed by atoms with Crippen LogP contribution in [0.3, 0.4) is 0 Å². The van der Waals surface area contributed by atoms with Gasteiger partial charge >= 0.3 is 5.97 Å². The summed E-state index contributed by atoms with van der Waals surface area (Å²) < 4.78 is 10.8. The predicted molar refractivity (Wildman–Crippen MR) is 111 cm³/mol. The molecule has 0 unspecified atom stereocenters. The minimum atomic E-state index is -0.0802. The Morgan fingerprint density at radius 2 is 1.63 bits per heavy atom. The van der Waals surface area contributed by atoms with E-state index in [0.717, 1.165) is 31.9 Å². The largest absolute Gasteiger partial charge is 0.493 e. The van der Waals surface area contributed by atoms with E-state index in [1.807, 2.05) is 0 Å². The first-order chi connectivity index (χ1) is 12.7. The fourth-order valence-electron chi connectivity index (χ4n) is 4.32. The van der Waals surface area contributed by atoms with Crippen LogP contribution in [-0.4, -0.2) is 32.8 Å². The average Bonchev–Trinajstić information content (AvgIpc) is 2.72. The molecule has 0 aromatic heterocycles. The zero-order valence-electron chi connectivity index (χ0n) is 16.5. The molecule has 0 radical (unpaired) electrons. The average molecular weight is 396 g/mol. The van der Waals surface area contributed by atoms with Gasteiger partial charge in [0, 0.05) is 6.42 Å². The van der Waals surface area contributed by atoms with Crippen molar-refractivity contribution in [1.82, 2.24) is 5.32 Å². The summed E-state index contributed by atoms with van der Waals surface area (Å²) in [6.45, 7) is 3.08. The zero-order chi connectivity index (χ0) is 18.2. The Morgan fingerprint density at radius 3 is 2.26 bits per heavy atom. The van der Waals surface area contributed by atoms with Crippen molar-refractivity contribution in [3.63, 3.8) is 0 Å². The molecule has 2 fully saturated rings. The summed E-state index contributed by atoms with van der Waals surface area (Å²) in [4.78, 5) is 11.3. The van der Waals surface area contributed by atoms with Gasteiger partial charge in [-0.05, 0) is 80.6 Å². The van der Waals surface area contributed by atoms with E-state index < -0.39 is 0 Å². The van der Waals surface area contributed by atoms with Gasteiger partial charge in [-0.3, -0.25) is 4.79 Å². The summed E-state index contributed by atoms with van der Waals surface area (Å²) in [7, 11) is 1.47.